The first kappa shape index (κ1) is 36.7. The molecule has 0 radical (unpaired) electrons. The van der Waals surface area contributed by atoms with Gasteiger partial charge in [-0.1, -0.05) is 152 Å². The van der Waals surface area contributed by atoms with Crippen molar-refractivity contribution in [3.05, 3.63) is 214 Å². The Morgan fingerprint density at radius 1 is 0.593 bits per heavy atom. The Kier molecular flexibility index (Phi) is 11.8. The van der Waals surface area contributed by atoms with Gasteiger partial charge in [-0.3, -0.25) is 10.1 Å². The smallest absolute Gasteiger partial charge is 0.269 e. The highest BCUT2D eigenvalue weighted by Crippen LogP contribution is 2.41. The van der Waals surface area contributed by atoms with E-state index in [1.54, 1.807) is 0 Å². The van der Waals surface area contributed by atoms with Gasteiger partial charge < -0.3 is 28.8 Å². The molecule has 1 aliphatic heterocycles. The number of aliphatic hydroxyl groups excluding tert-OH is 1. The molecule has 7 rings (SSSR count). The van der Waals surface area contributed by atoms with Gasteiger partial charge in [-0.05, 0) is 39.9 Å². The molecule has 274 valence electrons. The van der Waals surface area contributed by atoms with Crippen molar-refractivity contribution in [1.82, 2.24) is 0 Å². The van der Waals surface area contributed by atoms with Crippen LogP contribution in [-0.2, 0) is 37.8 Å². The van der Waals surface area contributed by atoms with Crippen LogP contribution in [0.25, 0.3) is 0 Å². The van der Waals surface area contributed by atoms with Crippen molar-refractivity contribution in [2.24, 2.45) is 0 Å². The van der Waals surface area contributed by atoms with E-state index in [2.05, 4.69) is 0 Å². The van der Waals surface area contributed by atoms with Crippen molar-refractivity contribution in [3.8, 4) is 5.75 Å². The summed E-state index contributed by atoms with van der Waals surface area (Å²) >= 11 is 0. The third-order valence-corrected chi connectivity index (χ3v) is 9.49. The maximum absolute atomic E-state index is 12.2. The molecular formula is C45H41NO8. The van der Waals surface area contributed by atoms with E-state index in [-0.39, 0.29) is 25.5 Å². The van der Waals surface area contributed by atoms with E-state index < -0.39 is 41.2 Å². The first-order valence-corrected chi connectivity index (χ1v) is 17.9. The van der Waals surface area contributed by atoms with Crippen molar-refractivity contribution >= 4 is 5.69 Å². The highest BCUT2D eigenvalue weighted by Gasteiger charge is 2.50. The molecule has 6 aromatic carbocycles. The van der Waals surface area contributed by atoms with Crippen LogP contribution >= 0.6 is 0 Å². The molecule has 0 amide bonds. The standard InChI is InChI=1S/C45H41NO8/c47-41-40(32-52-45(35-20-10-3-11-21-35,36-22-12-4-13-23-36)37-24-14-5-15-25-37)54-44(53-39-28-26-38(27-29-39)46(48)49)43(51-31-34-18-8-2-9-19-34)42(41)50-30-33-16-6-1-7-17-33/h1-29,40-44,47H,30-32H2/t40-,41+,42+,43-,44+/m1/s1. The molecule has 54 heavy (non-hydrogen) atoms. The van der Waals surface area contributed by atoms with Gasteiger partial charge in [-0.25, -0.2) is 0 Å². The minimum Gasteiger partial charge on any atom is -0.462 e. The first-order chi connectivity index (χ1) is 26.5. The number of hydrogen-bond donors (Lipinski definition) is 1. The van der Waals surface area contributed by atoms with Crippen LogP contribution in [0.5, 0.6) is 5.75 Å². The predicted molar refractivity (Wildman–Crippen MR) is 204 cm³/mol. The van der Waals surface area contributed by atoms with Crippen molar-refractivity contribution < 1.29 is 33.7 Å². The van der Waals surface area contributed by atoms with E-state index in [4.69, 9.17) is 23.7 Å². The number of aliphatic hydroxyl groups is 1. The van der Waals surface area contributed by atoms with Crippen molar-refractivity contribution in [2.45, 2.75) is 49.5 Å². The lowest BCUT2D eigenvalue weighted by Crippen LogP contribution is -2.62. The topological polar surface area (TPSA) is 110 Å². The van der Waals surface area contributed by atoms with E-state index in [1.165, 1.54) is 24.3 Å². The molecule has 6 aromatic rings. The summed E-state index contributed by atoms with van der Waals surface area (Å²) in [6.07, 6.45) is -5.13. The Balaban J connectivity index is 1.26. The molecule has 9 heteroatoms. The van der Waals surface area contributed by atoms with Gasteiger partial charge in [0, 0.05) is 12.1 Å². The third-order valence-electron chi connectivity index (χ3n) is 9.49. The number of hydrogen-bond acceptors (Lipinski definition) is 8. The average molecular weight is 724 g/mol. The molecule has 1 heterocycles. The lowest BCUT2D eigenvalue weighted by molar-refractivity contribution is -0.384. The molecule has 0 bridgehead atoms. The SMILES string of the molecule is O=[N+]([O-])c1ccc(O[C@H]2O[C@H](COC(c3ccccc3)(c3ccccc3)c3ccccc3)[C@H](O)[C@H](OCc3ccccc3)[C@H]2OCc2ccccc2)cc1. The lowest BCUT2D eigenvalue weighted by Gasteiger charge is -2.45. The minimum absolute atomic E-state index is 0.0728. The monoisotopic (exact) mass is 723 g/mol. The number of ether oxygens (including phenoxy) is 5. The molecule has 0 spiro atoms. The fourth-order valence-corrected chi connectivity index (χ4v) is 6.78. The number of rotatable bonds is 15. The number of nitro groups is 1. The van der Waals surface area contributed by atoms with Gasteiger partial charge in [0.05, 0.1) is 24.7 Å². The normalized spacial score (nSPS) is 19.9. The van der Waals surface area contributed by atoms with Gasteiger partial charge >= 0.3 is 0 Å². The average Bonchev–Trinajstić information content (AvgIpc) is 3.23. The van der Waals surface area contributed by atoms with E-state index >= 15 is 0 Å². The van der Waals surface area contributed by atoms with Crippen LogP contribution in [0.3, 0.4) is 0 Å². The van der Waals surface area contributed by atoms with Crippen molar-refractivity contribution in [3.63, 3.8) is 0 Å². The zero-order valence-electron chi connectivity index (χ0n) is 29.5. The fraction of sp³-hybridized carbons (Fsp3) is 0.200. The first-order valence-electron chi connectivity index (χ1n) is 17.9. The Bertz CT molecular complexity index is 1940. The summed E-state index contributed by atoms with van der Waals surface area (Å²) in [5.74, 6) is 0.323. The van der Waals surface area contributed by atoms with Crippen LogP contribution in [0, 0.1) is 10.1 Å². The Labute approximate surface area is 314 Å². The lowest BCUT2D eigenvalue weighted by atomic mass is 9.80. The number of benzene rings is 6. The zero-order chi connectivity index (χ0) is 37.2. The maximum atomic E-state index is 12.2. The molecule has 1 saturated heterocycles. The van der Waals surface area contributed by atoms with Gasteiger partial charge in [0.25, 0.3) is 5.69 Å². The van der Waals surface area contributed by atoms with Crippen molar-refractivity contribution in [1.29, 1.82) is 0 Å². The Morgan fingerprint density at radius 3 is 1.46 bits per heavy atom. The van der Waals surface area contributed by atoms with Gasteiger partial charge in [-0.2, -0.15) is 0 Å². The summed E-state index contributed by atoms with van der Waals surface area (Å²) in [7, 11) is 0. The minimum atomic E-state index is -1.22. The molecule has 9 nitrogen and oxygen atoms in total. The van der Waals surface area contributed by atoms with E-state index in [0.717, 1.165) is 27.8 Å². The number of nitrogens with zero attached hydrogens (tertiary/aromatic N) is 1. The summed E-state index contributed by atoms with van der Waals surface area (Å²) in [4.78, 5) is 10.9. The summed E-state index contributed by atoms with van der Waals surface area (Å²) < 4.78 is 33.2. The van der Waals surface area contributed by atoms with Crippen LogP contribution in [0.2, 0.25) is 0 Å². The summed E-state index contributed by atoms with van der Waals surface area (Å²) in [6, 6.07) is 55.0. The van der Waals surface area contributed by atoms with Crippen LogP contribution in [0.1, 0.15) is 27.8 Å². The third kappa shape index (κ3) is 8.42. The van der Waals surface area contributed by atoms with Crippen LogP contribution in [-0.4, -0.2) is 47.3 Å². The van der Waals surface area contributed by atoms with E-state index in [1.807, 2.05) is 152 Å². The molecule has 0 aliphatic carbocycles. The molecule has 1 N–H and O–H groups in total. The molecule has 1 aliphatic rings. The Morgan fingerprint density at radius 2 is 1.02 bits per heavy atom. The fourth-order valence-electron chi connectivity index (χ4n) is 6.78. The second kappa shape index (κ2) is 17.4. The predicted octanol–water partition coefficient (Wildman–Crippen LogP) is 8.24. The zero-order valence-corrected chi connectivity index (χ0v) is 29.5. The highest BCUT2D eigenvalue weighted by atomic mass is 16.7. The summed E-state index contributed by atoms with van der Waals surface area (Å²) in [5, 5.41) is 23.6. The highest BCUT2D eigenvalue weighted by molar-refractivity contribution is 5.47. The van der Waals surface area contributed by atoms with Crippen molar-refractivity contribution in [2.75, 3.05) is 6.61 Å². The van der Waals surface area contributed by atoms with Gasteiger partial charge in [0.1, 0.15) is 35.8 Å². The maximum Gasteiger partial charge on any atom is 0.269 e. The Hall–Kier alpha value is -5.68. The van der Waals surface area contributed by atoms with Crippen LogP contribution < -0.4 is 4.74 Å². The molecule has 1 fully saturated rings. The molecule has 0 unspecified atom stereocenters. The summed E-state index contributed by atoms with van der Waals surface area (Å²) in [5.41, 5.74) is 3.35. The van der Waals surface area contributed by atoms with Gasteiger partial charge in [-0.15, -0.1) is 0 Å². The van der Waals surface area contributed by atoms with Gasteiger partial charge in [0.15, 0.2) is 0 Å². The van der Waals surface area contributed by atoms with Gasteiger partial charge in [0.2, 0.25) is 6.29 Å². The number of non-ortho nitro benzene ring substituents is 1. The quantitative estimate of drug-likeness (QED) is 0.0641. The van der Waals surface area contributed by atoms with Crippen LogP contribution in [0.15, 0.2) is 176 Å². The molecular weight excluding hydrogens is 682 g/mol. The van der Waals surface area contributed by atoms with E-state index in [0.29, 0.717) is 5.75 Å². The number of nitro benzene ring substituents is 1. The second-order valence-corrected chi connectivity index (χ2v) is 13.0. The largest absolute Gasteiger partial charge is 0.462 e. The van der Waals surface area contributed by atoms with E-state index in [9.17, 15) is 15.2 Å². The van der Waals surface area contributed by atoms with Crippen LogP contribution in [0.4, 0.5) is 5.69 Å². The molecule has 5 atom stereocenters. The second-order valence-electron chi connectivity index (χ2n) is 13.0. The molecule has 0 aromatic heterocycles. The summed E-state index contributed by atoms with van der Waals surface area (Å²) in [6.45, 7) is 0.303. The molecule has 0 saturated carbocycles.